The van der Waals surface area contributed by atoms with E-state index >= 15 is 0 Å². The van der Waals surface area contributed by atoms with Crippen molar-refractivity contribution in [2.75, 3.05) is 25.0 Å². The number of nitrogens with zero attached hydrogens (tertiary/aromatic N) is 1. The average Bonchev–Trinajstić information content (AvgIpc) is 2.65. The van der Waals surface area contributed by atoms with E-state index in [4.69, 9.17) is 5.11 Å². The molecule has 0 radical (unpaired) electrons. The van der Waals surface area contributed by atoms with Crippen LogP contribution in [-0.4, -0.2) is 64.7 Å². The number of piperidine rings is 2. The maximum absolute atomic E-state index is 14.7. The van der Waals surface area contributed by atoms with Gasteiger partial charge in [-0.3, -0.25) is 24.6 Å². The van der Waals surface area contributed by atoms with Gasteiger partial charge in [0.25, 0.3) is 0 Å². The molecule has 2 saturated heterocycles. The van der Waals surface area contributed by atoms with Crippen molar-refractivity contribution in [1.82, 2.24) is 10.2 Å². The highest BCUT2D eigenvalue weighted by Crippen LogP contribution is 2.32. The number of carbonyl (C=O) groups excluding carboxylic acids is 2. The fourth-order valence-corrected chi connectivity index (χ4v) is 3.85. The number of hydrogen-bond acceptors (Lipinski definition) is 6. The van der Waals surface area contributed by atoms with E-state index in [0.29, 0.717) is 43.6 Å². The van der Waals surface area contributed by atoms with E-state index in [1.807, 2.05) is 0 Å². The van der Waals surface area contributed by atoms with Gasteiger partial charge in [-0.1, -0.05) is 6.07 Å². The summed E-state index contributed by atoms with van der Waals surface area (Å²) in [6.07, 6.45) is 1.80. The van der Waals surface area contributed by atoms with E-state index < -0.39 is 30.6 Å². The van der Waals surface area contributed by atoms with Crippen molar-refractivity contribution in [3.8, 4) is 0 Å². The van der Waals surface area contributed by atoms with E-state index in [1.165, 1.54) is 6.07 Å². The number of benzene rings is 1. The third-order valence-electron chi connectivity index (χ3n) is 5.45. The lowest BCUT2D eigenvalue weighted by molar-refractivity contribution is -0.145. The van der Waals surface area contributed by atoms with Crippen molar-refractivity contribution in [3.63, 3.8) is 0 Å². The summed E-state index contributed by atoms with van der Waals surface area (Å²) in [5.41, 5.74) is 1.03. The van der Waals surface area contributed by atoms with Crippen LogP contribution in [0.5, 0.6) is 0 Å². The predicted molar refractivity (Wildman–Crippen MR) is 98.3 cm³/mol. The van der Waals surface area contributed by atoms with Crippen LogP contribution in [0.1, 0.15) is 37.2 Å². The summed E-state index contributed by atoms with van der Waals surface area (Å²) < 4.78 is 14.7. The first-order valence-electron chi connectivity index (χ1n) is 9.36. The number of hydrogen-bond donors (Lipinski definition) is 4. The summed E-state index contributed by atoms with van der Waals surface area (Å²) >= 11 is 0. The summed E-state index contributed by atoms with van der Waals surface area (Å²) in [4.78, 5) is 35.9. The second-order valence-electron chi connectivity index (χ2n) is 7.23. The molecule has 152 valence electrons. The van der Waals surface area contributed by atoms with E-state index in [-0.39, 0.29) is 24.1 Å². The summed E-state index contributed by atoms with van der Waals surface area (Å²) in [5.74, 6) is -2.19. The molecule has 0 aliphatic carbocycles. The molecule has 0 saturated carbocycles. The topological polar surface area (TPSA) is 119 Å². The predicted octanol–water partition coefficient (Wildman–Crippen LogP) is 0.668. The van der Waals surface area contributed by atoms with Crippen LogP contribution >= 0.6 is 0 Å². The Kier molecular flexibility index (Phi) is 6.25. The van der Waals surface area contributed by atoms with Gasteiger partial charge in [0.1, 0.15) is 17.9 Å². The lowest BCUT2D eigenvalue weighted by Crippen LogP contribution is -2.47. The maximum atomic E-state index is 14.7. The van der Waals surface area contributed by atoms with Gasteiger partial charge in [-0.05, 0) is 56.0 Å². The highest BCUT2D eigenvalue weighted by Gasteiger charge is 2.31. The number of likely N-dealkylation sites (tertiary alicyclic amines) is 1. The third-order valence-corrected chi connectivity index (χ3v) is 5.45. The Hall–Kier alpha value is -2.52. The van der Waals surface area contributed by atoms with Gasteiger partial charge in [0.2, 0.25) is 11.8 Å². The number of carboxylic acids is 1. The molecule has 4 N–H and O–H groups in total. The van der Waals surface area contributed by atoms with Crippen molar-refractivity contribution in [2.24, 2.45) is 0 Å². The number of amides is 2. The molecule has 28 heavy (non-hydrogen) atoms. The van der Waals surface area contributed by atoms with Gasteiger partial charge in [-0.25, -0.2) is 4.39 Å². The Labute approximate surface area is 161 Å². The van der Waals surface area contributed by atoms with Gasteiger partial charge in [0.15, 0.2) is 0 Å². The van der Waals surface area contributed by atoms with Crippen molar-refractivity contribution in [1.29, 1.82) is 0 Å². The van der Waals surface area contributed by atoms with Gasteiger partial charge in [-0.2, -0.15) is 0 Å². The van der Waals surface area contributed by atoms with Crippen LogP contribution < -0.4 is 10.6 Å². The molecule has 0 spiro atoms. The fourth-order valence-electron chi connectivity index (χ4n) is 3.85. The molecule has 0 unspecified atom stereocenters. The Morgan fingerprint density at radius 2 is 2.00 bits per heavy atom. The molecule has 1 aromatic carbocycles. The molecule has 2 amide bonds. The zero-order chi connectivity index (χ0) is 20.3. The number of aliphatic hydroxyl groups is 1. The van der Waals surface area contributed by atoms with Crippen molar-refractivity contribution in [3.05, 3.63) is 29.6 Å². The normalized spacial score (nSPS) is 22.6. The highest BCUT2D eigenvalue weighted by molar-refractivity contribution is 6.01. The fraction of sp³-hybridized carbons (Fsp3) is 0.526. The molecule has 2 heterocycles. The number of carbonyl (C=O) groups is 3. The zero-order valence-electron chi connectivity index (χ0n) is 15.4. The number of anilines is 1. The van der Waals surface area contributed by atoms with E-state index in [0.717, 1.165) is 0 Å². The van der Waals surface area contributed by atoms with Crippen molar-refractivity contribution < 1.29 is 29.0 Å². The molecule has 9 heteroatoms. The Morgan fingerprint density at radius 3 is 2.57 bits per heavy atom. The zero-order valence-corrected chi connectivity index (χ0v) is 15.4. The van der Waals surface area contributed by atoms with E-state index in [9.17, 15) is 23.9 Å². The lowest BCUT2D eigenvalue weighted by Gasteiger charge is -2.35. The monoisotopic (exact) mass is 393 g/mol. The standard InChI is InChI=1S/C19H24FN3O5/c20-14-9-12(21-15-3-4-17(25)22-18(15)26)1-2-13(14)11-5-7-23(8-6-11)16(10-24)19(27)28/h1-2,9,11,15-16,21,24H,3-8,10H2,(H,27,28)(H,22,25,26)/t15-,16-/m0/s1. The van der Waals surface area contributed by atoms with Crippen molar-refractivity contribution >= 4 is 23.5 Å². The van der Waals surface area contributed by atoms with Crippen LogP contribution in [0.4, 0.5) is 10.1 Å². The van der Waals surface area contributed by atoms with E-state index in [2.05, 4.69) is 10.6 Å². The summed E-state index contributed by atoms with van der Waals surface area (Å²) in [5, 5.41) is 23.6. The Morgan fingerprint density at radius 1 is 1.29 bits per heavy atom. The second kappa shape index (κ2) is 8.66. The molecule has 2 aliphatic heterocycles. The van der Waals surface area contributed by atoms with Crippen LogP contribution in [0.15, 0.2) is 18.2 Å². The maximum Gasteiger partial charge on any atom is 0.323 e. The van der Waals surface area contributed by atoms with Gasteiger partial charge in [0.05, 0.1) is 6.61 Å². The van der Waals surface area contributed by atoms with Gasteiger partial charge >= 0.3 is 5.97 Å². The van der Waals surface area contributed by atoms with E-state index in [1.54, 1.807) is 17.0 Å². The summed E-state index contributed by atoms with van der Waals surface area (Å²) in [6.45, 7) is 0.491. The number of rotatable bonds is 6. The highest BCUT2D eigenvalue weighted by atomic mass is 19.1. The molecule has 2 aliphatic rings. The molecule has 0 aromatic heterocycles. The Bertz CT molecular complexity index is 764. The first kappa shape index (κ1) is 20.2. The number of halogens is 1. The molecular formula is C19H24FN3O5. The largest absolute Gasteiger partial charge is 0.480 e. The van der Waals surface area contributed by atoms with Crippen molar-refractivity contribution in [2.45, 2.75) is 43.7 Å². The lowest BCUT2D eigenvalue weighted by atomic mass is 9.88. The summed E-state index contributed by atoms with van der Waals surface area (Å²) in [6, 6.07) is 3.25. The SMILES string of the molecule is O=C1CC[C@H](Nc2ccc(C3CCN([C@@H](CO)C(=O)O)CC3)c(F)c2)C(=O)N1. The number of carboxylic acid groups (broad SMARTS) is 1. The number of aliphatic carboxylic acids is 1. The van der Waals surface area contributed by atoms with Gasteiger partial charge < -0.3 is 15.5 Å². The van der Waals surface area contributed by atoms with Crippen LogP contribution in [0.25, 0.3) is 0 Å². The minimum atomic E-state index is -1.06. The van der Waals surface area contributed by atoms with Crippen LogP contribution in [0, 0.1) is 5.82 Å². The van der Waals surface area contributed by atoms with Gasteiger partial charge in [-0.15, -0.1) is 0 Å². The third kappa shape index (κ3) is 4.48. The molecule has 1 aromatic rings. The van der Waals surface area contributed by atoms with Crippen LogP contribution in [0.2, 0.25) is 0 Å². The first-order valence-corrected chi connectivity index (χ1v) is 9.36. The number of nitrogens with one attached hydrogen (secondary N) is 2. The molecule has 0 bridgehead atoms. The Balaban J connectivity index is 1.61. The number of aliphatic hydroxyl groups excluding tert-OH is 1. The van der Waals surface area contributed by atoms with Crippen LogP contribution in [0.3, 0.4) is 0 Å². The second-order valence-corrected chi connectivity index (χ2v) is 7.23. The molecule has 2 atom stereocenters. The summed E-state index contributed by atoms with van der Waals surface area (Å²) in [7, 11) is 0. The molecule has 2 fully saturated rings. The first-order chi connectivity index (χ1) is 13.4. The van der Waals surface area contributed by atoms with Crippen LogP contribution in [-0.2, 0) is 14.4 Å². The molecule has 3 rings (SSSR count). The smallest absolute Gasteiger partial charge is 0.323 e. The average molecular weight is 393 g/mol. The molecular weight excluding hydrogens is 369 g/mol. The molecule has 8 nitrogen and oxygen atoms in total. The van der Waals surface area contributed by atoms with Gasteiger partial charge in [0, 0.05) is 12.1 Å². The number of imide groups is 1. The minimum Gasteiger partial charge on any atom is -0.480 e. The quantitative estimate of drug-likeness (QED) is 0.525. The minimum absolute atomic E-state index is 0.0333.